The molecule has 0 aliphatic heterocycles. The molecule has 0 unspecified atom stereocenters. The number of benzene rings is 1. The molecule has 0 bridgehead atoms. The largest absolute Gasteiger partial charge is 0.306 e. The standard InChI is InChI=1S/C16H14IN3O/c1-2-5-12-13(17)16(21)20-15(19-12)11-8-3-6-10-7-4-9-18-14(10)11/h3-4,6-9H,2,5H2,1H3,(H,19,20,21). The molecule has 0 fully saturated rings. The summed E-state index contributed by atoms with van der Waals surface area (Å²) in [5, 5.41) is 1.04. The summed E-state index contributed by atoms with van der Waals surface area (Å²) in [5.74, 6) is 0.591. The van der Waals surface area contributed by atoms with E-state index in [1.807, 2.05) is 30.3 Å². The maximum Gasteiger partial charge on any atom is 0.264 e. The number of aryl methyl sites for hydroxylation is 1. The highest BCUT2D eigenvalue weighted by atomic mass is 127. The van der Waals surface area contributed by atoms with Gasteiger partial charge in [0.25, 0.3) is 5.56 Å². The topological polar surface area (TPSA) is 58.6 Å². The van der Waals surface area contributed by atoms with Gasteiger partial charge < -0.3 is 4.98 Å². The van der Waals surface area contributed by atoms with Crippen LogP contribution in [0.25, 0.3) is 22.3 Å². The highest BCUT2D eigenvalue weighted by Crippen LogP contribution is 2.24. The third-order valence-corrected chi connectivity index (χ3v) is 4.42. The van der Waals surface area contributed by atoms with Crippen molar-refractivity contribution in [3.8, 4) is 11.4 Å². The van der Waals surface area contributed by atoms with E-state index >= 15 is 0 Å². The van der Waals surface area contributed by atoms with Gasteiger partial charge in [0, 0.05) is 17.1 Å². The van der Waals surface area contributed by atoms with Crippen molar-refractivity contribution < 1.29 is 0 Å². The summed E-state index contributed by atoms with van der Waals surface area (Å²) < 4.78 is 0.673. The number of aromatic nitrogens is 3. The number of hydrogen-bond acceptors (Lipinski definition) is 3. The van der Waals surface area contributed by atoms with Crippen LogP contribution in [-0.4, -0.2) is 15.0 Å². The summed E-state index contributed by atoms with van der Waals surface area (Å²) in [6.45, 7) is 2.08. The molecule has 0 aliphatic carbocycles. The fourth-order valence-electron chi connectivity index (χ4n) is 2.33. The molecule has 0 atom stereocenters. The Bertz CT molecular complexity index is 852. The Hall–Kier alpha value is -1.76. The number of rotatable bonds is 3. The molecule has 2 aromatic heterocycles. The Morgan fingerprint density at radius 1 is 1.24 bits per heavy atom. The third-order valence-electron chi connectivity index (χ3n) is 3.31. The minimum Gasteiger partial charge on any atom is -0.306 e. The van der Waals surface area contributed by atoms with Crippen molar-refractivity contribution >= 4 is 33.5 Å². The van der Waals surface area contributed by atoms with Gasteiger partial charge in [-0.3, -0.25) is 9.78 Å². The zero-order chi connectivity index (χ0) is 14.8. The number of nitrogens with zero attached hydrogens (tertiary/aromatic N) is 2. The first-order valence-corrected chi connectivity index (χ1v) is 7.91. The van der Waals surface area contributed by atoms with Gasteiger partial charge in [-0.1, -0.05) is 31.5 Å². The van der Waals surface area contributed by atoms with Gasteiger partial charge in [-0.05, 0) is 41.1 Å². The Labute approximate surface area is 135 Å². The molecule has 2 heterocycles. The lowest BCUT2D eigenvalue weighted by Crippen LogP contribution is -2.16. The van der Waals surface area contributed by atoms with Crippen LogP contribution >= 0.6 is 22.6 Å². The number of fused-ring (bicyclic) bond motifs is 1. The van der Waals surface area contributed by atoms with Crippen LogP contribution in [0, 0.1) is 3.57 Å². The van der Waals surface area contributed by atoms with Crippen molar-refractivity contribution in [1.82, 2.24) is 15.0 Å². The molecule has 0 amide bonds. The molecule has 0 spiro atoms. The van der Waals surface area contributed by atoms with E-state index in [0.29, 0.717) is 9.39 Å². The number of nitrogens with one attached hydrogen (secondary N) is 1. The van der Waals surface area contributed by atoms with Crippen molar-refractivity contribution in [2.24, 2.45) is 0 Å². The Morgan fingerprint density at radius 3 is 2.86 bits per heavy atom. The first-order chi connectivity index (χ1) is 10.2. The molecule has 0 saturated carbocycles. The van der Waals surface area contributed by atoms with Crippen LogP contribution in [0.5, 0.6) is 0 Å². The number of H-pyrrole nitrogens is 1. The zero-order valence-electron chi connectivity index (χ0n) is 11.6. The van der Waals surface area contributed by atoms with Gasteiger partial charge in [-0.15, -0.1) is 0 Å². The maximum absolute atomic E-state index is 12.1. The van der Waals surface area contributed by atoms with E-state index < -0.39 is 0 Å². The van der Waals surface area contributed by atoms with Crippen molar-refractivity contribution in [3.63, 3.8) is 0 Å². The summed E-state index contributed by atoms with van der Waals surface area (Å²) >= 11 is 2.06. The smallest absolute Gasteiger partial charge is 0.264 e. The Kier molecular flexibility index (Phi) is 4.01. The summed E-state index contributed by atoms with van der Waals surface area (Å²) in [6, 6.07) is 9.80. The Morgan fingerprint density at radius 2 is 2.05 bits per heavy atom. The van der Waals surface area contributed by atoms with Crippen LogP contribution in [0.4, 0.5) is 0 Å². The van der Waals surface area contributed by atoms with Crippen molar-refractivity contribution in [2.45, 2.75) is 19.8 Å². The summed E-state index contributed by atoms with van der Waals surface area (Å²) in [5.41, 5.74) is 2.48. The molecule has 0 aliphatic rings. The van der Waals surface area contributed by atoms with E-state index in [-0.39, 0.29) is 5.56 Å². The molecule has 3 rings (SSSR count). The van der Waals surface area contributed by atoms with Gasteiger partial charge in [-0.25, -0.2) is 4.98 Å². The lowest BCUT2D eigenvalue weighted by Gasteiger charge is -2.08. The van der Waals surface area contributed by atoms with Crippen molar-refractivity contribution in [2.75, 3.05) is 0 Å². The predicted octanol–water partition coefficient (Wildman–Crippen LogP) is 3.54. The SMILES string of the molecule is CCCc1nc(-c2cccc3cccnc23)[nH]c(=O)c1I. The number of aromatic amines is 1. The van der Waals surface area contributed by atoms with Crippen LogP contribution < -0.4 is 5.56 Å². The van der Waals surface area contributed by atoms with E-state index in [2.05, 4.69) is 44.5 Å². The van der Waals surface area contributed by atoms with Crippen molar-refractivity contribution in [3.05, 3.63) is 56.1 Å². The second-order valence-electron chi connectivity index (χ2n) is 4.81. The zero-order valence-corrected chi connectivity index (χ0v) is 13.7. The highest BCUT2D eigenvalue weighted by molar-refractivity contribution is 14.1. The van der Waals surface area contributed by atoms with E-state index in [9.17, 15) is 4.79 Å². The molecule has 0 saturated heterocycles. The lowest BCUT2D eigenvalue weighted by molar-refractivity contribution is 0.860. The second kappa shape index (κ2) is 5.93. The van der Waals surface area contributed by atoms with Crippen LogP contribution in [0.1, 0.15) is 19.0 Å². The van der Waals surface area contributed by atoms with Crippen LogP contribution in [0.3, 0.4) is 0 Å². The lowest BCUT2D eigenvalue weighted by atomic mass is 10.1. The first-order valence-electron chi connectivity index (χ1n) is 6.83. The molecule has 3 aromatic rings. The van der Waals surface area contributed by atoms with Crippen molar-refractivity contribution in [1.29, 1.82) is 0 Å². The quantitative estimate of drug-likeness (QED) is 0.695. The summed E-state index contributed by atoms with van der Waals surface area (Å²) in [6.07, 6.45) is 3.51. The molecule has 5 heteroatoms. The number of pyridine rings is 1. The molecule has 1 aromatic carbocycles. The van der Waals surface area contributed by atoms with Gasteiger partial charge >= 0.3 is 0 Å². The van der Waals surface area contributed by atoms with E-state index in [1.54, 1.807) is 6.20 Å². The minimum atomic E-state index is -0.0861. The summed E-state index contributed by atoms with van der Waals surface area (Å²) in [7, 11) is 0. The normalized spacial score (nSPS) is 11.0. The molecular weight excluding hydrogens is 377 g/mol. The number of para-hydroxylation sites is 1. The molecule has 4 nitrogen and oxygen atoms in total. The van der Waals surface area contributed by atoms with E-state index in [0.717, 1.165) is 35.0 Å². The Balaban J connectivity index is 2.26. The number of hydrogen-bond donors (Lipinski definition) is 1. The van der Waals surface area contributed by atoms with Crippen LogP contribution in [0.2, 0.25) is 0 Å². The van der Waals surface area contributed by atoms with Gasteiger partial charge in [0.05, 0.1) is 14.8 Å². The molecule has 1 N–H and O–H groups in total. The van der Waals surface area contributed by atoms with Gasteiger partial charge in [-0.2, -0.15) is 0 Å². The third kappa shape index (κ3) is 2.70. The average Bonchev–Trinajstić information content (AvgIpc) is 2.51. The van der Waals surface area contributed by atoms with Crippen LogP contribution in [0.15, 0.2) is 41.3 Å². The fourth-order valence-corrected chi connectivity index (χ4v) is 2.86. The molecule has 0 radical (unpaired) electrons. The molecule has 21 heavy (non-hydrogen) atoms. The van der Waals surface area contributed by atoms with Gasteiger partial charge in [0.15, 0.2) is 0 Å². The van der Waals surface area contributed by atoms with E-state index in [1.165, 1.54) is 0 Å². The van der Waals surface area contributed by atoms with Gasteiger partial charge in [0.2, 0.25) is 0 Å². The molecular formula is C16H14IN3O. The predicted molar refractivity (Wildman–Crippen MR) is 92.3 cm³/mol. The highest BCUT2D eigenvalue weighted by Gasteiger charge is 2.12. The van der Waals surface area contributed by atoms with Gasteiger partial charge in [0.1, 0.15) is 5.82 Å². The fraction of sp³-hybridized carbons (Fsp3) is 0.188. The monoisotopic (exact) mass is 391 g/mol. The maximum atomic E-state index is 12.1. The average molecular weight is 391 g/mol. The number of halogens is 1. The second-order valence-corrected chi connectivity index (χ2v) is 5.88. The molecule has 106 valence electrons. The minimum absolute atomic E-state index is 0.0861. The van der Waals surface area contributed by atoms with E-state index in [4.69, 9.17) is 0 Å². The first kappa shape index (κ1) is 14.2. The van der Waals surface area contributed by atoms with Crippen LogP contribution in [-0.2, 0) is 6.42 Å². The summed E-state index contributed by atoms with van der Waals surface area (Å²) in [4.78, 5) is 24.1.